The molecule has 2 aromatic carbocycles. The lowest BCUT2D eigenvalue weighted by Gasteiger charge is -2.33. The van der Waals surface area contributed by atoms with Crippen molar-refractivity contribution in [1.82, 2.24) is 13.5 Å². The maximum absolute atomic E-state index is 12.8. The van der Waals surface area contributed by atoms with Gasteiger partial charge in [-0.2, -0.15) is 8.61 Å². The topological polar surface area (TPSA) is 78.0 Å². The van der Waals surface area contributed by atoms with Crippen molar-refractivity contribution in [3.05, 3.63) is 65.7 Å². The molecular formula is C20H27N3O4S2. The van der Waals surface area contributed by atoms with Crippen LogP contribution in [0.5, 0.6) is 0 Å². The van der Waals surface area contributed by atoms with Crippen LogP contribution in [0.15, 0.2) is 59.5 Å². The Morgan fingerprint density at radius 3 is 1.97 bits per heavy atom. The first-order valence-electron chi connectivity index (χ1n) is 9.43. The van der Waals surface area contributed by atoms with Crippen LogP contribution in [0.3, 0.4) is 0 Å². The zero-order valence-corrected chi connectivity index (χ0v) is 18.4. The Hall–Kier alpha value is -1.78. The first-order chi connectivity index (χ1) is 13.7. The number of piperazine rings is 1. The minimum Gasteiger partial charge on any atom is -0.296 e. The Kier molecular flexibility index (Phi) is 6.75. The van der Waals surface area contributed by atoms with Gasteiger partial charge in [0.25, 0.3) is 0 Å². The second-order valence-corrected chi connectivity index (χ2v) is 11.4. The van der Waals surface area contributed by atoms with E-state index in [4.69, 9.17) is 0 Å². The van der Waals surface area contributed by atoms with E-state index in [2.05, 4.69) is 4.90 Å². The van der Waals surface area contributed by atoms with Gasteiger partial charge in [-0.15, -0.1) is 0 Å². The Morgan fingerprint density at radius 2 is 1.41 bits per heavy atom. The molecule has 0 aliphatic carbocycles. The molecule has 3 rings (SSSR count). The monoisotopic (exact) mass is 437 g/mol. The largest absolute Gasteiger partial charge is 0.296 e. The quantitative estimate of drug-likeness (QED) is 0.657. The Morgan fingerprint density at radius 1 is 0.828 bits per heavy atom. The Balaban J connectivity index is 1.61. The molecule has 1 aliphatic rings. The lowest BCUT2D eigenvalue weighted by molar-refractivity contribution is 0.182. The molecule has 1 heterocycles. The van der Waals surface area contributed by atoms with Crippen LogP contribution in [0, 0.1) is 0 Å². The summed E-state index contributed by atoms with van der Waals surface area (Å²) in [6.45, 7) is 3.26. The van der Waals surface area contributed by atoms with E-state index in [1.165, 1.54) is 14.9 Å². The van der Waals surface area contributed by atoms with E-state index in [0.717, 1.165) is 11.1 Å². The molecule has 0 bridgehead atoms. The van der Waals surface area contributed by atoms with Crippen LogP contribution in [0.4, 0.5) is 0 Å². The summed E-state index contributed by atoms with van der Waals surface area (Å²) in [7, 11) is -5.12. The van der Waals surface area contributed by atoms with E-state index in [1.54, 1.807) is 19.2 Å². The van der Waals surface area contributed by atoms with Gasteiger partial charge in [0.2, 0.25) is 20.0 Å². The first-order valence-corrected chi connectivity index (χ1v) is 12.7. The van der Waals surface area contributed by atoms with Gasteiger partial charge in [0.15, 0.2) is 0 Å². The molecule has 0 radical (unpaired) electrons. The van der Waals surface area contributed by atoms with Gasteiger partial charge in [-0.25, -0.2) is 16.8 Å². The molecule has 1 aliphatic heterocycles. The molecule has 158 valence electrons. The van der Waals surface area contributed by atoms with Gasteiger partial charge >= 0.3 is 0 Å². The van der Waals surface area contributed by atoms with E-state index in [0.29, 0.717) is 39.3 Å². The van der Waals surface area contributed by atoms with Crippen molar-refractivity contribution in [2.24, 2.45) is 0 Å². The molecule has 9 heteroatoms. The van der Waals surface area contributed by atoms with E-state index >= 15 is 0 Å². The van der Waals surface area contributed by atoms with Crippen LogP contribution >= 0.6 is 0 Å². The summed E-state index contributed by atoms with van der Waals surface area (Å²) >= 11 is 0. The fraction of sp³-hybridized carbons (Fsp3) is 0.400. The van der Waals surface area contributed by atoms with E-state index in [9.17, 15) is 16.8 Å². The van der Waals surface area contributed by atoms with E-state index in [-0.39, 0.29) is 4.90 Å². The fourth-order valence-corrected chi connectivity index (χ4v) is 5.34. The average molecular weight is 438 g/mol. The Bertz CT molecular complexity index is 1020. The molecule has 0 atom stereocenters. The van der Waals surface area contributed by atoms with Crippen molar-refractivity contribution in [1.29, 1.82) is 0 Å². The highest BCUT2D eigenvalue weighted by atomic mass is 32.2. The molecule has 1 saturated heterocycles. The summed E-state index contributed by atoms with van der Waals surface area (Å²) in [6.07, 6.45) is 1.23. The van der Waals surface area contributed by atoms with Gasteiger partial charge in [-0.3, -0.25) is 4.90 Å². The van der Waals surface area contributed by atoms with Crippen molar-refractivity contribution in [3.63, 3.8) is 0 Å². The standard InChI is InChI=1S/C20H27N3O4S2/c1-21(16-18-6-4-3-5-7-18)29(26,27)20-10-8-19(9-11-20)17-22-12-14-23(15-13-22)28(2,24)25/h3-11H,12-17H2,1-2H3. The highest BCUT2D eigenvalue weighted by Gasteiger charge is 2.24. The SMILES string of the molecule is CN(Cc1ccccc1)S(=O)(=O)c1ccc(CN2CCN(S(C)(=O)=O)CC2)cc1. The summed E-state index contributed by atoms with van der Waals surface area (Å²) in [4.78, 5) is 2.44. The summed E-state index contributed by atoms with van der Waals surface area (Å²) in [5, 5.41) is 0. The zero-order chi connectivity index (χ0) is 21.1. The molecule has 0 amide bonds. The van der Waals surface area contributed by atoms with Crippen LogP contribution in [-0.2, 0) is 33.1 Å². The molecule has 0 unspecified atom stereocenters. The smallest absolute Gasteiger partial charge is 0.243 e. The van der Waals surface area contributed by atoms with Crippen LogP contribution in [0.1, 0.15) is 11.1 Å². The van der Waals surface area contributed by atoms with Gasteiger partial charge in [0, 0.05) is 46.3 Å². The maximum atomic E-state index is 12.8. The van der Waals surface area contributed by atoms with Gasteiger partial charge < -0.3 is 0 Å². The molecule has 0 aromatic heterocycles. The van der Waals surface area contributed by atoms with Crippen molar-refractivity contribution in [3.8, 4) is 0 Å². The van der Waals surface area contributed by atoms with Gasteiger partial charge in [0.1, 0.15) is 0 Å². The van der Waals surface area contributed by atoms with E-state index in [1.807, 2.05) is 42.5 Å². The molecule has 0 N–H and O–H groups in total. The van der Waals surface area contributed by atoms with Crippen LogP contribution in [0.2, 0.25) is 0 Å². The summed E-state index contributed by atoms with van der Waals surface area (Å²) in [6, 6.07) is 16.4. The Labute approximate surface area is 173 Å². The predicted octanol–water partition coefficient (Wildman–Crippen LogP) is 1.58. The normalized spacial score (nSPS) is 16.9. The van der Waals surface area contributed by atoms with Gasteiger partial charge in [0.05, 0.1) is 11.2 Å². The van der Waals surface area contributed by atoms with Crippen molar-refractivity contribution >= 4 is 20.0 Å². The second kappa shape index (κ2) is 8.93. The molecule has 29 heavy (non-hydrogen) atoms. The van der Waals surface area contributed by atoms with E-state index < -0.39 is 20.0 Å². The molecule has 7 nitrogen and oxygen atoms in total. The van der Waals surface area contributed by atoms with Crippen LogP contribution < -0.4 is 0 Å². The summed E-state index contributed by atoms with van der Waals surface area (Å²) in [5.41, 5.74) is 1.94. The number of rotatable bonds is 7. The highest BCUT2D eigenvalue weighted by Crippen LogP contribution is 2.19. The number of hydrogen-bond acceptors (Lipinski definition) is 5. The fourth-order valence-electron chi connectivity index (χ4n) is 3.35. The molecule has 1 fully saturated rings. The predicted molar refractivity (Wildman–Crippen MR) is 113 cm³/mol. The number of benzene rings is 2. The first kappa shape index (κ1) is 21.9. The second-order valence-electron chi connectivity index (χ2n) is 7.33. The number of hydrogen-bond donors (Lipinski definition) is 0. The summed E-state index contributed by atoms with van der Waals surface area (Å²) in [5.74, 6) is 0. The third kappa shape index (κ3) is 5.64. The molecule has 0 spiro atoms. The third-order valence-electron chi connectivity index (χ3n) is 5.09. The van der Waals surface area contributed by atoms with Gasteiger partial charge in [-0.05, 0) is 23.3 Å². The molecule has 0 saturated carbocycles. The lowest BCUT2D eigenvalue weighted by atomic mass is 10.2. The van der Waals surface area contributed by atoms with Crippen molar-refractivity contribution in [2.45, 2.75) is 18.0 Å². The molecular weight excluding hydrogens is 410 g/mol. The van der Waals surface area contributed by atoms with Crippen LogP contribution in [-0.4, -0.2) is 69.8 Å². The van der Waals surface area contributed by atoms with Crippen molar-refractivity contribution < 1.29 is 16.8 Å². The number of nitrogens with zero attached hydrogens (tertiary/aromatic N) is 3. The lowest BCUT2D eigenvalue weighted by Crippen LogP contribution is -2.47. The zero-order valence-electron chi connectivity index (χ0n) is 16.7. The molecule has 2 aromatic rings. The van der Waals surface area contributed by atoms with Gasteiger partial charge in [-0.1, -0.05) is 42.5 Å². The summed E-state index contributed by atoms with van der Waals surface area (Å²) < 4.78 is 51.7. The maximum Gasteiger partial charge on any atom is 0.243 e. The minimum absolute atomic E-state index is 0.265. The average Bonchev–Trinajstić information content (AvgIpc) is 2.69. The highest BCUT2D eigenvalue weighted by molar-refractivity contribution is 7.89. The minimum atomic E-state index is -3.56. The van der Waals surface area contributed by atoms with Crippen molar-refractivity contribution in [2.75, 3.05) is 39.5 Å². The third-order valence-corrected chi connectivity index (χ3v) is 8.21. The van der Waals surface area contributed by atoms with Crippen LogP contribution in [0.25, 0.3) is 0 Å². The number of sulfonamides is 2.